The van der Waals surface area contributed by atoms with Crippen LogP contribution in [0.15, 0.2) is 4.99 Å². The van der Waals surface area contributed by atoms with E-state index in [-0.39, 0.29) is 11.5 Å². The number of esters is 1. The second kappa shape index (κ2) is 8.55. The smallest absolute Gasteiger partial charge is 0.305 e. The van der Waals surface area contributed by atoms with Crippen molar-refractivity contribution < 1.29 is 9.53 Å². The van der Waals surface area contributed by atoms with Crippen molar-refractivity contribution in [1.29, 1.82) is 0 Å². The molecule has 0 bridgehead atoms. The van der Waals surface area contributed by atoms with Gasteiger partial charge in [-0.25, -0.2) is 0 Å². The Morgan fingerprint density at radius 3 is 2.35 bits per heavy atom. The summed E-state index contributed by atoms with van der Waals surface area (Å²) in [6.45, 7) is 13.5. The van der Waals surface area contributed by atoms with Crippen LogP contribution in [-0.4, -0.2) is 49.1 Å². The number of likely N-dealkylation sites (tertiary alicyclic amines) is 1. The van der Waals surface area contributed by atoms with Crippen molar-refractivity contribution in [3.8, 4) is 0 Å². The average molecular weight is 325 g/mol. The molecule has 0 atom stereocenters. The Hall–Kier alpha value is -1.26. The molecule has 1 rings (SSSR count). The number of carbonyl (C=O) groups excluding carboxylic acids is 1. The lowest BCUT2D eigenvalue weighted by Crippen LogP contribution is -2.72. The molecule has 1 heterocycles. The van der Waals surface area contributed by atoms with Gasteiger partial charge in [0.1, 0.15) is 0 Å². The highest BCUT2D eigenvalue weighted by molar-refractivity contribution is 5.81. The van der Waals surface area contributed by atoms with E-state index in [0.717, 1.165) is 44.7 Å². The summed E-state index contributed by atoms with van der Waals surface area (Å²) >= 11 is 0. The van der Waals surface area contributed by atoms with Crippen molar-refractivity contribution in [2.24, 2.45) is 10.4 Å². The predicted octanol–water partition coefficient (Wildman–Crippen LogP) is 3.20. The second-order valence-corrected chi connectivity index (χ2v) is 7.47. The van der Waals surface area contributed by atoms with Gasteiger partial charge in [0, 0.05) is 37.5 Å². The molecule has 0 aromatic carbocycles. The maximum atomic E-state index is 11.2. The Bertz CT molecular complexity index is 416. The van der Waals surface area contributed by atoms with E-state index in [0.29, 0.717) is 18.4 Å². The van der Waals surface area contributed by atoms with Gasteiger partial charge in [-0.2, -0.15) is 0 Å². The first kappa shape index (κ1) is 19.8. The zero-order valence-electron chi connectivity index (χ0n) is 15.9. The third kappa shape index (κ3) is 5.11. The van der Waals surface area contributed by atoms with Gasteiger partial charge in [0.2, 0.25) is 0 Å². The summed E-state index contributed by atoms with van der Waals surface area (Å²) in [5, 5.41) is 3.47. The quantitative estimate of drug-likeness (QED) is 0.322. The maximum absolute atomic E-state index is 11.2. The first-order valence-electron chi connectivity index (χ1n) is 8.90. The number of ether oxygens (including phenoxy) is 1. The molecule has 1 N–H and O–H groups in total. The van der Waals surface area contributed by atoms with Crippen LogP contribution in [0, 0.1) is 5.41 Å². The van der Waals surface area contributed by atoms with E-state index in [1.807, 2.05) is 14.0 Å². The summed E-state index contributed by atoms with van der Waals surface area (Å²) in [6.07, 6.45) is 4.75. The molecule has 0 radical (unpaired) electrons. The van der Waals surface area contributed by atoms with Gasteiger partial charge in [0.25, 0.3) is 0 Å². The fraction of sp³-hybridized carbons (Fsp3) is 0.889. The Kier molecular flexibility index (Phi) is 7.36. The number of carbonyl (C=O) groups is 1. The molecule has 1 aliphatic heterocycles. The molecule has 1 aliphatic rings. The number of guanidine groups is 1. The van der Waals surface area contributed by atoms with Crippen LogP contribution in [0.4, 0.5) is 0 Å². The molecule has 23 heavy (non-hydrogen) atoms. The SMILES string of the molecule is CCOC(=O)CCCCCCNC(=NC)N1CC(C)(C)C1(C)C. The van der Waals surface area contributed by atoms with Crippen LogP contribution >= 0.6 is 0 Å². The summed E-state index contributed by atoms with van der Waals surface area (Å²) in [4.78, 5) is 18.0. The van der Waals surface area contributed by atoms with Gasteiger partial charge in [0.15, 0.2) is 5.96 Å². The highest BCUT2D eigenvalue weighted by Crippen LogP contribution is 2.46. The van der Waals surface area contributed by atoms with Crippen LogP contribution in [0.3, 0.4) is 0 Å². The molecule has 5 heteroatoms. The first-order chi connectivity index (χ1) is 10.8. The molecular formula is C18H35N3O2. The third-order valence-corrected chi connectivity index (χ3v) is 5.25. The minimum absolute atomic E-state index is 0.0753. The number of hydrogen-bond donors (Lipinski definition) is 1. The fourth-order valence-electron chi connectivity index (χ4n) is 2.88. The number of rotatable bonds is 8. The second-order valence-electron chi connectivity index (χ2n) is 7.47. The number of nitrogens with zero attached hydrogens (tertiary/aromatic N) is 2. The van der Waals surface area contributed by atoms with Gasteiger partial charge in [-0.15, -0.1) is 0 Å². The summed E-state index contributed by atoms with van der Waals surface area (Å²) in [5.74, 6) is 0.925. The maximum Gasteiger partial charge on any atom is 0.305 e. The molecule has 0 aromatic rings. The van der Waals surface area contributed by atoms with E-state index in [9.17, 15) is 4.79 Å². The van der Waals surface area contributed by atoms with Gasteiger partial charge < -0.3 is 15.0 Å². The molecule has 134 valence electrons. The van der Waals surface area contributed by atoms with E-state index in [4.69, 9.17) is 4.74 Å². The van der Waals surface area contributed by atoms with Crippen LogP contribution in [0.25, 0.3) is 0 Å². The molecule has 0 spiro atoms. The molecular weight excluding hydrogens is 290 g/mol. The largest absolute Gasteiger partial charge is 0.466 e. The highest BCUT2D eigenvalue weighted by Gasteiger charge is 2.53. The number of nitrogens with one attached hydrogen (secondary N) is 1. The lowest BCUT2D eigenvalue weighted by atomic mass is 9.65. The number of unbranched alkanes of at least 4 members (excludes halogenated alkanes) is 3. The van der Waals surface area contributed by atoms with Gasteiger partial charge in [0.05, 0.1) is 6.61 Å². The van der Waals surface area contributed by atoms with Crippen LogP contribution in [0.5, 0.6) is 0 Å². The van der Waals surface area contributed by atoms with E-state index in [1.54, 1.807) is 0 Å². The van der Waals surface area contributed by atoms with Gasteiger partial charge >= 0.3 is 5.97 Å². The van der Waals surface area contributed by atoms with Gasteiger partial charge in [-0.1, -0.05) is 26.7 Å². The molecule has 1 saturated heterocycles. The van der Waals surface area contributed by atoms with E-state index < -0.39 is 0 Å². The first-order valence-corrected chi connectivity index (χ1v) is 8.90. The van der Waals surface area contributed by atoms with E-state index >= 15 is 0 Å². The van der Waals surface area contributed by atoms with Crippen LogP contribution in [0.1, 0.15) is 66.7 Å². The Morgan fingerprint density at radius 1 is 1.17 bits per heavy atom. The monoisotopic (exact) mass is 325 g/mol. The summed E-state index contributed by atoms with van der Waals surface area (Å²) in [5.41, 5.74) is 0.451. The predicted molar refractivity (Wildman–Crippen MR) is 95.6 cm³/mol. The summed E-state index contributed by atoms with van der Waals surface area (Å²) in [6, 6.07) is 0. The zero-order chi connectivity index (χ0) is 17.5. The average Bonchev–Trinajstić information content (AvgIpc) is 2.48. The fourth-order valence-corrected chi connectivity index (χ4v) is 2.88. The van der Waals surface area contributed by atoms with Crippen molar-refractivity contribution in [3.63, 3.8) is 0 Å². The summed E-state index contributed by atoms with van der Waals surface area (Å²) in [7, 11) is 1.85. The van der Waals surface area contributed by atoms with Crippen molar-refractivity contribution in [1.82, 2.24) is 10.2 Å². The molecule has 0 aromatic heterocycles. The zero-order valence-corrected chi connectivity index (χ0v) is 15.9. The molecule has 0 aliphatic carbocycles. The molecule has 0 amide bonds. The minimum Gasteiger partial charge on any atom is -0.466 e. The van der Waals surface area contributed by atoms with Crippen molar-refractivity contribution >= 4 is 11.9 Å². The molecule has 0 unspecified atom stereocenters. The lowest BCUT2D eigenvalue weighted by molar-refractivity contribution is -0.143. The van der Waals surface area contributed by atoms with E-state index in [1.165, 1.54) is 0 Å². The van der Waals surface area contributed by atoms with Crippen LogP contribution < -0.4 is 5.32 Å². The van der Waals surface area contributed by atoms with Crippen molar-refractivity contribution in [2.45, 2.75) is 72.3 Å². The molecule has 5 nitrogen and oxygen atoms in total. The topological polar surface area (TPSA) is 53.9 Å². The standard InChI is InChI=1S/C18H35N3O2/c1-7-23-15(22)12-10-8-9-11-13-20-16(19-6)21-14-17(2,3)18(21,4)5/h7-14H2,1-6H3,(H,19,20). The normalized spacial score (nSPS) is 19.2. The van der Waals surface area contributed by atoms with Crippen LogP contribution in [-0.2, 0) is 9.53 Å². The van der Waals surface area contributed by atoms with E-state index in [2.05, 4.69) is 42.9 Å². The lowest BCUT2D eigenvalue weighted by Gasteiger charge is -2.62. The Morgan fingerprint density at radius 2 is 1.83 bits per heavy atom. The number of aliphatic imine (C=N–C) groups is 1. The minimum atomic E-state index is -0.0753. The Balaban J connectivity index is 2.17. The van der Waals surface area contributed by atoms with Gasteiger partial charge in [-0.05, 0) is 33.6 Å². The third-order valence-electron chi connectivity index (χ3n) is 5.25. The highest BCUT2D eigenvalue weighted by atomic mass is 16.5. The molecule has 0 saturated carbocycles. The van der Waals surface area contributed by atoms with Crippen LogP contribution in [0.2, 0.25) is 0 Å². The van der Waals surface area contributed by atoms with Crippen molar-refractivity contribution in [2.75, 3.05) is 26.7 Å². The molecule has 1 fully saturated rings. The van der Waals surface area contributed by atoms with Gasteiger partial charge in [-0.3, -0.25) is 9.79 Å². The number of hydrogen-bond acceptors (Lipinski definition) is 3. The summed E-state index contributed by atoms with van der Waals surface area (Å²) < 4.78 is 4.92. The van der Waals surface area contributed by atoms with Crippen molar-refractivity contribution in [3.05, 3.63) is 0 Å². The Labute approximate surface area is 141 Å².